The summed E-state index contributed by atoms with van der Waals surface area (Å²) in [6.07, 6.45) is 1.54. The van der Waals surface area contributed by atoms with E-state index < -0.39 is 11.5 Å². The van der Waals surface area contributed by atoms with E-state index in [1.165, 1.54) is 4.90 Å². The van der Waals surface area contributed by atoms with Gasteiger partial charge in [0.25, 0.3) is 0 Å². The Bertz CT molecular complexity index is 407. The van der Waals surface area contributed by atoms with E-state index in [4.69, 9.17) is 9.84 Å². The van der Waals surface area contributed by atoms with Crippen molar-refractivity contribution in [3.05, 3.63) is 12.3 Å². The average Bonchev–Trinajstić information content (AvgIpc) is 2.28. The van der Waals surface area contributed by atoms with E-state index in [-0.39, 0.29) is 0 Å². The Morgan fingerprint density at radius 2 is 2.24 bits per heavy atom. The van der Waals surface area contributed by atoms with Crippen LogP contribution < -0.4 is 9.64 Å². The van der Waals surface area contributed by atoms with Gasteiger partial charge in [-0.25, -0.2) is 9.78 Å². The molecule has 1 heterocycles. The first kappa shape index (κ1) is 13.2. The molecule has 1 N–H and O–H groups in total. The lowest BCUT2D eigenvalue weighted by molar-refractivity contribution is -0.142. The summed E-state index contributed by atoms with van der Waals surface area (Å²) in [6, 6.07) is 1.63. The van der Waals surface area contributed by atoms with Crippen LogP contribution in [-0.2, 0) is 4.79 Å². The van der Waals surface area contributed by atoms with Crippen LogP contribution in [0.2, 0.25) is 0 Å². The summed E-state index contributed by atoms with van der Waals surface area (Å²) >= 11 is 0. The molecule has 17 heavy (non-hydrogen) atoms. The number of nitrogens with zero attached hydrogens (tertiary/aromatic N) is 3. The lowest BCUT2D eigenvalue weighted by Crippen LogP contribution is -2.48. The number of hydrogen-bond acceptors (Lipinski definition) is 5. The molecule has 6 nitrogen and oxygen atoms in total. The number of carbonyl (C=O) groups is 1. The van der Waals surface area contributed by atoms with Crippen LogP contribution >= 0.6 is 0 Å². The predicted molar refractivity (Wildman–Crippen MR) is 63.3 cm³/mol. The minimum absolute atomic E-state index is 0.323. The second kappa shape index (κ2) is 4.99. The first-order valence-electron chi connectivity index (χ1n) is 5.32. The third-order valence-corrected chi connectivity index (χ3v) is 2.57. The summed E-state index contributed by atoms with van der Waals surface area (Å²) in [6.45, 7) is 5.53. The Morgan fingerprint density at radius 3 is 2.76 bits per heavy atom. The Balaban J connectivity index is 2.99. The van der Waals surface area contributed by atoms with Gasteiger partial charge in [-0.1, -0.05) is 0 Å². The molecule has 0 atom stereocenters. The largest absolute Gasteiger partial charge is 0.480 e. The molecule has 1 aromatic rings. The number of carboxylic acids is 1. The molecule has 0 fully saturated rings. The summed E-state index contributed by atoms with van der Waals surface area (Å²) in [5.41, 5.74) is -1.08. The normalized spacial score (nSPS) is 11.1. The van der Waals surface area contributed by atoms with Crippen molar-refractivity contribution in [2.45, 2.75) is 26.3 Å². The first-order valence-corrected chi connectivity index (χ1v) is 5.32. The molecule has 1 aromatic heterocycles. The van der Waals surface area contributed by atoms with Gasteiger partial charge in [0.15, 0.2) is 0 Å². The average molecular weight is 239 g/mol. The maximum atomic E-state index is 11.1. The van der Waals surface area contributed by atoms with Gasteiger partial charge in [0.05, 0.1) is 6.61 Å². The highest BCUT2D eigenvalue weighted by atomic mass is 16.5. The second-order valence-electron chi connectivity index (χ2n) is 4.05. The number of rotatable bonds is 5. The molecule has 0 saturated carbocycles. The van der Waals surface area contributed by atoms with Crippen LogP contribution in [-0.4, -0.2) is 40.2 Å². The number of anilines is 1. The van der Waals surface area contributed by atoms with Gasteiger partial charge in [-0.15, -0.1) is 0 Å². The van der Waals surface area contributed by atoms with Crippen molar-refractivity contribution < 1.29 is 14.6 Å². The number of ether oxygens (including phenoxy) is 1. The zero-order valence-electron chi connectivity index (χ0n) is 10.5. The van der Waals surface area contributed by atoms with Gasteiger partial charge in [0, 0.05) is 19.3 Å². The lowest BCUT2D eigenvalue weighted by Gasteiger charge is -2.31. The van der Waals surface area contributed by atoms with Crippen molar-refractivity contribution in [3.8, 4) is 5.88 Å². The van der Waals surface area contributed by atoms with Crippen LogP contribution in [0.1, 0.15) is 20.8 Å². The topological polar surface area (TPSA) is 75.5 Å². The van der Waals surface area contributed by atoms with E-state index in [0.717, 1.165) is 0 Å². The predicted octanol–water partition coefficient (Wildman–Crippen LogP) is 1.17. The molecular formula is C11H17N3O3. The van der Waals surface area contributed by atoms with Crippen molar-refractivity contribution in [3.63, 3.8) is 0 Å². The molecule has 6 heteroatoms. The molecule has 0 unspecified atom stereocenters. The third-order valence-electron chi connectivity index (χ3n) is 2.57. The van der Waals surface area contributed by atoms with E-state index >= 15 is 0 Å². The van der Waals surface area contributed by atoms with Crippen LogP contribution in [0.15, 0.2) is 12.3 Å². The summed E-state index contributed by atoms with van der Waals surface area (Å²) < 4.78 is 5.24. The molecule has 0 aliphatic heterocycles. The highest BCUT2D eigenvalue weighted by molar-refractivity contribution is 5.81. The monoisotopic (exact) mass is 239 g/mol. The van der Waals surface area contributed by atoms with Gasteiger partial charge >= 0.3 is 5.97 Å². The SMILES string of the molecule is CCOc1ccnc(N(C)C(C)(C)C(=O)O)n1. The van der Waals surface area contributed by atoms with Crippen LogP contribution in [0.4, 0.5) is 5.95 Å². The molecule has 0 radical (unpaired) electrons. The molecule has 0 aromatic carbocycles. The number of likely N-dealkylation sites (N-methyl/N-ethyl adjacent to an activating group) is 1. The molecule has 0 saturated heterocycles. The summed E-state index contributed by atoms with van der Waals surface area (Å²) in [7, 11) is 1.64. The van der Waals surface area contributed by atoms with Crippen molar-refractivity contribution in [1.29, 1.82) is 0 Å². The fourth-order valence-corrected chi connectivity index (χ4v) is 1.12. The van der Waals surface area contributed by atoms with Gasteiger partial charge in [-0.2, -0.15) is 4.98 Å². The smallest absolute Gasteiger partial charge is 0.329 e. The van der Waals surface area contributed by atoms with Crippen molar-refractivity contribution in [2.75, 3.05) is 18.6 Å². The molecule has 0 aliphatic carbocycles. The molecular weight excluding hydrogens is 222 g/mol. The maximum absolute atomic E-state index is 11.1. The quantitative estimate of drug-likeness (QED) is 0.831. The Morgan fingerprint density at radius 1 is 1.59 bits per heavy atom. The molecule has 0 aliphatic rings. The van der Waals surface area contributed by atoms with Gasteiger partial charge in [-0.3, -0.25) is 0 Å². The molecule has 94 valence electrons. The van der Waals surface area contributed by atoms with Crippen molar-refractivity contribution >= 4 is 11.9 Å². The number of aliphatic carboxylic acids is 1. The van der Waals surface area contributed by atoms with Crippen molar-refractivity contribution in [1.82, 2.24) is 9.97 Å². The van der Waals surface area contributed by atoms with E-state index in [1.54, 1.807) is 33.2 Å². The minimum Gasteiger partial charge on any atom is -0.480 e. The fraction of sp³-hybridized carbons (Fsp3) is 0.545. The number of carboxylic acid groups (broad SMARTS) is 1. The van der Waals surface area contributed by atoms with Gasteiger partial charge in [0.1, 0.15) is 5.54 Å². The van der Waals surface area contributed by atoms with Gasteiger partial charge in [0.2, 0.25) is 11.8 Å². The minimum atomic E-state index is -1.08. The van der Waals surface area contributed by atoms with Gasteiger partial charge < -0.3 is 14.7 Å². The number of aromatic nitrogens is 2. The molecule has 1 rings (SSSR count). The summed E-state index contributed by atoms with van der Waals surface area (Å²) in [5.74, 6) is -0.181. The highest BCUT2D eigenvalue weighted by Gasteiger charge is 2.33. The first-order chi connectivity index (χ1) is 7.89. The second-order valence-corrected chi connectivity index (χ2v) is 4.05. The van der Waals surface area contributed by atoms with E-state index in [1.807, 2.05) is 6.92 Å². The summed E-state index contributed by atoms with van der Waals surface area (Å²) in [5, 5.41) is 9.12. The molecule has 0 amide bonds. The zero-order chi connectivity index (χ0) is 13.1. The van der Waals surface area contributed by atoms with Crippen molar-refractivity contribution in [2.24, 2.45) is 0 Å². The maximum Gasteiger partial charge on any atom is 0.329 e. The number of hydrogen-bond donors (Lipinski definition) is 1. The van der Waals surface area contributed by atoms with Crippen LogP contribution in [0.5, 0.6) is 5.88 Å². The Labute approximate surface area is 100 Å². The van der Waals surface area contributed by atoms with E-state index in [9.17, 15) is 4.79 Å². The fourth-order valence-electron chi connectivity index (χ4n) is 1.12. The Hall–Kier alpha value is -1.85. The Kier molecular flexibility index (Phi) is 3.88. The van der Waals surface area contributed by atoms with Crippen LogP contribution in [0.3, 0.4) is 0 Å². The highest BCUT2D eigenvalue weighted by Crippen LogP contribution is 2.20. The molecule has 0 bridgehead atoms. The van der Waals surface area contributed by atoms with E-state index in [0.29, 0.717) is 18.4 Å². The summed E-state index contributed by atoms with van der Waals surface area (Å²) in [4.78, 5) is 20.8. The standard InChI is InChI=1S/C11H17N3O3/c1-5-17-8-6-7-12-10(13-8)14(4)11(2,3)9(15)16/h6-7H,5H2,1-4H3,(H,15,16). The van der Waals surface area contributed by atoms with Crippen LogP contribution in [0, 0.1) is 0 Å². The van der Waals surface area contributed by atoms with Crippen LogP contribution in [0.25, 0.3) is 0 Å². The van der Waals surface area contributed by atoms with E-state index in [2.05, 4.69) is 9.97 Å². The van der Waals surface area contributed by atoms with Gasteiger partial charge in [-0.05, 0) is 20.8 Å². The lowest BCUT2D eigenvalue weighted by atomic mass is 10.1. The third kappa shape index (κ3) is 2.83. The molecule has 0 spiro atoms. The zero-order valence-corrected chi connectivity index (χ0v) is 10.5.